The standard InChI is InChI=1S/C16H16N4/c1-10-7-11(2)18-13(8-10)4-6-15-14-5-3-12(17)9-16(14)20-19-15/h3-9H,17H2,1-2H3,(H,19,20). The molecule has 3 aromatic rings. The maximum absolute atomic E-state index is 5.76. The molecule has 20 heavy (non-hydrogen) atoms. The van der Waals surface area contributed by atoms with Crippen LogP contribution in [0.1, 0.15) is 22.6 Å². The fourth-order valence-electron chi connectivity index (χ4n) is 2.31. The van der Waals surface area contributed by atoms with Crippen molar-refractivity contribution in [3.63, 3.8) is 0 Å². The lowest BCUT2D eigenvalue weighted by Crippen LogP contribution is -1.87. The maximum atomic E-state index is 5.76. The Balaban J connectivity index is 1.98. The molecule has 0 amide bonds. The molecular formula is C16H16N4. The van der Waals surface area contributed by atoms with E-state index in [1.165, 1.54) is 5.56 Å². The summed E-state index contributed by atoms with van der Waals surface area (Å²) >= 11 is 0. The molecule has 100 valence electrons. The first-order valence-electron chi connectivity index (χ1n) is 6.49. The van der Waals surface area contributed by atoms with Gasteiger partial charge in [-0.15, -0.1) is 0 Å². The molecule has 0 aliphatic rings. The number of nitrogens with zero attached hydrogens (tertiary/aromatic N) is 2. The lowest BCUT2D eigenvalue weighted by atomic mass is 10.1. The van der Waals surface area contributed by atoms with E-state index in [9.17, 15) is 0 Å². The molecular weight excluding hydrogens is 248 g/mol. The molecule has 4 nitrogen and oxygen atoms in total. The van der Waals surface area contributed by atoms with E-state index in [1.807, 2.05) is 37.3 Å². The summed E-state index contributed by atoms with van der Waals surface area (Å²) in [4.78, 5) is 4.48. The summed E-state index contributed by atoms with van der Waals surface area (Å²) < 4.78 is 0. The van der Waals surface area contributed by atoms with Crippen LogP contribution in [-0.4, -0.2) is 15.2 Å². The summed E-state index contributed by atoms with van der Waals surface area (Å²) in [5.41, 5.74) is 11.5. The van der Waals surface area contributed by atoms with Crippen LogP contribution in [0.15, 0.2) is 30.3 Å². The second kappa shape index (κ2) is 4.81. The van der Waals surface area contributed by atoms with Gasteiger partial charge in [-0.3, -0.25) is 10.1 Å². The molecule has 0 aliphatic heterocycles. The number of aromatic amines is 1. The summed E-state index contributed by atoms with van der Waals surface area (Å²) in [6.07, 6.45) is 3.95. The van der Waals surface area contributed by atoms with Crippen molar-refractivity contribution in [3.8, 4) is 0 Å². The first kappa shape index (κ1) is 12.4. The minimum absolute atomic E-state index is 0.729. The second-order valence-electron chi connectivity index (χ2n) is 4.96. The minimum Gasteiger partial charge on any atom is -0.399 e. The summed E-state index contributed by atoms with van der Waals surface area (Å²) in [7, 11) is 0. The fourth-order valence-corrected chi connectivity index (χ4v) is 2.31. The Morgan fingerprint density at radius 2 is 1.95 bits per heavy atom. The van der Waals surface area contributed by atoms with Crippen LogP contribution in [0, 0.1) is 13.8 Å². The van der Waals surface area contributed by atoms with E-state index < -0.39 is 0 Å². The highest BCUT2D eigenvalue weighted by molar-refractivity contribution is 5.90. The third kappa shape index (κ3) is 2.40. The number of nitrogens with one attached hydrogen (secondary N) is 1. The van der Waals surface area contributed by atoms with Gasteiger partial charge in [0.2, 0.25) is 0 Å². The van der Waals surface area contributed by atoms with Crippen molar-refractivity contribution in [2.75, 3.05) is 5.73 Å². The smallest absolute Gasteiger partial charge is 0.0928 e. The number of H-pyrrole nitrogens is 1. The van der Waals surface area contributed by atoms with Gasteiger partial charge in [0.1, 0.15) is 0 Å². The summed E-state index contributed by atoms with van der Waals surface area (Å²) in [6, 6.07) is 9.85. The minimum atomic E-state index is 0.729. The zero-order chi connectivity index (χ0) is 14.1. The number of aromatic nitrogens is 3. The average Bonchev–Trinajstić information content (AvgIpc) is 2.77. The van der Waals surface area contributed by atoms with Gasteiger partial charge in [0, 0.05) is 16.8 Å². The van der Waals surface area contributed by atoms with Gasteiger partial charge in [-0.1, -0.05) is 0 Å². The molecule has 2 aromatic heterocycles. The van der Waals surface area contributed by atoms with Crippen LogP contribution in [0.5, 0.6) is 0 Å². The normalized spacial score (nSPS) is 11.5. The topological polar surface area (TPSA) is 67.6 Å². The van der Waals surface area contributed by atoms with Crippen LogP contribution < -0.4 is 5.73 Å². The number of hydrogen-bond acceptors (Lipinski definition) is 3. The van der Waals surface area contributed by atoms with Crippen molar-refractivity contribution in [2.45, 2.75) is 13.8 Å². The maximum Gasteiger partial charge on any atom is 0.0928 e. The van der Waals surface area contributed by atoms with Gasteiger partial charge in [-0.25, -0.2) is 0 Å². The summed E-state index contributed by atoms with van der Waals surface area (Å²) in [5, 5.41) is 8.34. The molecule has 2 heterocycles. The van der Waals surface area contributed by atoms with Crippen LogP contribution in [-0.2, 0) is 0 Å². The van der Waals surface area contributed by atoms with Gasteiger partial charge >= 0.3 is 0 Å². The van der Waals surface area contributed by atoms with E-state index in [4.69, 9.17) is 5.73 Å². The number of rotatable bonds is 2. The number of aryl methyl sites for hydroxylation is 2. The molecule has 0 fully saturated rings. The predicted molar refractivity (Wildman–Crippen MR) is 83.1 cm³/mol. The number of fused-ring (bicyclic) bond motifs is 1. The largest absolute Gasteiger partial charge is 0.399 e. The molecule has 0 spiro atoms. The van der Waals surface area contributed by atoms with Crippen molar-refractivity contribution in [1.82, 2.24) is 15.2 Å². The van der Waals surface area contributed by atoms with Crippen molar-refractivity contribution in [3.05, 3.63) is 53.0 Å². The summed E-state index contributed by atoms with van der Waals surface area (Å²) in [6.45, 7) is 4.07. The molecule has 0 unspecified atom stereocenters. The molecule has 4 heteroatoms. The highest BCUT2D eigenvalue weighted by atomic mass is 15.1. The molecule has 0 radical (unpaired) electrons. The van der Waals surface area contributed by atoms with E-state index >= 15 is 0 Å². The number of nitrogen functional groups attached to an aromatic ring is 1. The van der Waals surface area contributed by atoms with Crippen LogP contribution in [0.2, 0.25) is 0 Å². The number of nitrogens with two attached hydrogens (primary N) is 1. The molecule has 0 aliphatic carbocycles. The predicted octanol–water partition coefficient (Wildman–Crippen LogP) is 3.33. The Morgan fingerprint density at radius 3 is 2.75 bits per heavy atom. The Morgan fingerprint density at radius 1 is 1.10 bits per heavy atom. The number of hydrogen-bond donors (Lipinski definition) is 2. The third-order valence-corrected chi connectivity index (χ3v) is 3.15. The van der Waals surface area contributed by atoms with Gasteiger partial charge < -0.3 is 5.73 Å². The van der Waals surface area contributed by atoms with Crippen LogP contribution in [0.4, 0.5) is 5.69 Å². The van der Waals surface area contributed by atoms with E-state index in [0.29, 0.717) is 0 Å². The second-order valence-corrected chi connectivity index (χ2v) is 4.96. The Bertz CT molecular complexity index is 779. The molecule has 1 aromatic carbocycles. The van der Waals surface area contributed by atoms with Crippen LogP contribution in [0.25, 0.3) is 23.1 Å². The van der Waals surface area contributed by atoms with Gasteiger partial charge in [0.25, 0.3) is 0 Å². The lowest BCUT2D eigenvalue weighted by molar-refractivity contribution is 1.11. The monoisotopic (exact) mass is 264 g/mol. The van der Waals surface area contributed by atoms with Crippen molar-refractivity contribution < 1.29 is 0 Å². The lowest BCUT2D eigenvalue weighted by Gasteiger charge is -1.98. The molecule has 3 N–H and O–H groups in total. The molecule has 0 saturated carbocycles. The van der Waals surface area contributed by atoms with Crippen molar-refractivity contribution >= 4 is 28.7 Å². The van der Waals surface area contributed by atoms with E-state index in [1.54, 1.807) is 0 Å². The fraction of sp³-hybridized carbons (Fsp3) is 0.125. The molecule has 0 atom stereocenters. The number of anilines is 1. The SMILES string of the molecule is Cc1cc(C)nc(C=Cc2n[nH]c3cc(N)ccc23)c1. The zero-order valence-electron chi connectivity index (χ0n) is 11.5. The Kier molecular flexibility index (Phi) is 2.99. The molecule has 0 saturated heterocycles. The molecule has 3 rings (SSSR count). The highest BCUT2D eigenvalue weighted by Gasteiger charge is 2.02. The number of pyridine rings is 1. The first-order valence-corrected chi connectivity index (χ1v) is 6.49. The van der Waals surface area contributed by atoms with E-state index in [0.717, 1.165) is 33.7 Å². The third-order valence-electron chi connectivity index (χ3n) is 3.15. The Labute approximate surface area is 117 Å². The number of benzene rings is 1. The van der Waals surface area contributed by atoms with Gasteiger partial charge in [0.15, 0.2) is 0 Å². The van der Waals surface area contributed by atoms with Crippen molar-refractivity contribution in [2.24, 2.45) is 0 Å². The molecule has 0 bridgehead atoms. The highest BCUT2D eigenvalue weighted by Crippen LogP contribution is 2.20. The first-order chi connectivity index (χ1) is 9.61. The average molecular weight is 264 g/mol. The van der Waals surface area contributed by atoms with Gasteiger partial charge in [0.05, 0.1) is 16.9 Å². The van der Waals surface area contributed by atoms with E-state index in [2.05, 4.69) is 34.2 Å². The van der Waals surface area contributed by atoms with Crippen LogP contribution >= 0.6 is 0 Å². The zero-order valence-corrected chi connectivity index (χ0v) is 11.5. The van der Waals surface area contributed by atoms with Gasteiger partial charge in [-0.05, 0) is 61.9 Å². The van der Waals surface area contributed by atoms with Crippen LogP contribution in [0.3, 0.4) is 0 Å². The van der Waals surface area contributed by atoms with Gasteiger partial charge in [-0.2, -0.15) is 5.10 Å². The Hall–Kier alpha value is -2.62. The van der Waals surface area contributed by atoms with Crippen molar-refractivity contribution in [1.29, 1.82) is 0 Å². The quantitative estimate of drug-likeness (QED) is 0.698. The van der Waals surface area contributed by atoms with E-state index in [-0.39, 0.29) is 0 Å². The summed E-state index contributed by atoms with van der Waals surface area (Å²) in [5.74, 6) is 0.